The van der Waals surface area contributed by atoms with Crippen LogP contribution in [0, 0.1) is 18.8 Å². The highest BCUT2D eigenvalue weighted by molar-refractivity contribution is 5.79. The summed E-state index contributed by atoms with van der Waals surface area (Å²) in [6, 6.07) is 8.74. The highest BCUT2D eigenvalue weighted by Gasteiger charge is 2.27. The fraction of sp³-hybridized carbons (Fsp3) is 0.720. The summed E-state index contributed by atoms with van der Waals surface area (Å²) >= 11 is 0. The zero-order valence-corrected chi connectivity index (χ0v) is 19.4. The second kappa shape index (κ2) is 13.7. The predicted molar refractivity (Wildman–Crippen MR) is 126 cm³/mol. The van der Waals surface area contributed by atoms with Gasteiger partial charge in [-0.15, -0.1) is 0 Å². The van der Waals surface area contributed by atoms with E-state index in [0.717, 1.165) is 90.7 Å². The molecule has 2 fully saturated rings. The van der Waals surface area contributed by atoms with Crippen LogP contribution in [-0.4, -0.2) is 58.6 Å². The molecular weight excluding hydrogens is 390 g/mol. The molecule has 2 heterocycles. The first-order chi connectivity index (χ1) is 15.3. The molecule has 2 atom stereocenters. The monoisotopic (exact) mass is 431 g/mol. The van der Waals surface area contributed by atoms with E-state index >= 15 is 0 Å². The van der Waals surface area contributed by atoms with Crippen LogP contribution >= 0.6 is 0 Å². The maximum Gasteiger partial charge on any atom is 0.191 e. The lowest BCUT2D eigenvalue weighted by atomic mass is 9.89. The third-order valence-electron chi connectivity index (χ3n) is 6.13. The molecule has 1 aromatic carbocycles. The van der Waals surface area contributed by atoms with Gasteiger partial charge in [-0.2, -0.15) is 0 Å². The van der Waals surface area contributed by atoms with E-state index < -0.39 is 0 Å². The molecule has 0 amide bonds. The summed E-state index contributed by atoms with van der Waals surface area (Å²) < 4.78 is 17.4. The van der Waals surface area contributed by atoms with Gasteiger partial charge in [0.2, 0.25) is 0 Å². The molecule has 2 saturated heterocycles. The van der Waals surface area contributed by atoms with Gasteiger partial charge in [0.25, 0.3) is 0 Å². The lowest BCUT2D eigenvalue weighted by molar-refractivity contribution is -0.0250. The molecular formula is C25H41N3O3. The van der Waals surface area contributed by atoms with E-state index in [0.29, 0.717) is 11.8 Å². The minimum atomic E-state index is 0.138. The molecule has 2 aliphatic heterocycles. The van der Waals surface area contributed by atoms with Crippen molar-refractivity contribution in [2.75, 3.05) is 52.7 Å². The molecule has 2 N–H and O–H groups in total. The van der Waals surface area contributed by atoms with Crippen LogP contribution < -0.4 is 10.6 Å². The predicted octanol–water partition coefficient (Wildman–Crippen LogP) is 3.85. The highest BCUT2D eigenvalue weighted by atomic mass is 16.5. The van der Waals surface area contributed by atoms with Gasteiger partial charge in [0.05, 0.1) is 6.10 Å². The van der Waals surface area contributed by atoms with Crippen LogP contribution in [0.2, 0.25) is 0 Å². The number of nitrogens with zero attached hydrogens (tertiary/aromatic N) is 1. The zero-order chi connectivity index (χ0) is 21.7. The first kappa shape index (κ1) is 24.0. The van der Waals surface area contributed by atoms with Gasteiger partial charge in [-0.05, 0) is 57.4 Å². The first-order valence-corrected chi connectivity index (χ1v) is 12.1. The number of aliphatic imine (C=N–C) groups is 1. The van der Waals surface area contributed by atoms with E-state index in [1.165, 1.54) is 11.1 Å². The summed E-state index contributed by atoms with van der Waals surface area (Å²) in [5, 5.41) is 6.83. The van der Waals surface area contributed by atoms with Crippen LogP contribution in [0.25, 0.3) is 0 Å². The van der Waals surface area contributed by atoms with Crippen molar-refractivity contribution >= 4 is 5.96 Å². The maximum absolute atomic E-state index is 6.15. The normalized spacial score (nSPS) is 23.0. The van der Waals surface area contributed by atoms with Crippen LogP contribution in [-0.2, 0) is 14.2 Å². The number of rotatable bonds is 10. The minimum Gasteiger partial charge on any atom is -0.381 e. The Labute approximate surface area is 188 Å². The van der Waals surface area contributed by atoms with Gasteiger partial charge in [-0.3, -0.25) is 4.99 Å². The van der Waals surface area contributed by atoms with E-state index in [4.69, 9.17) is 19.2 Å². The fourth-order valence-electron chi connectivity index (χ4n) is 4.25. The molecule has 3 rings (SSSR count). The summed E-state index contributed by atoms with van der Waals surface area (Å²) in [7, 11) is 0. The number of hydrogen-bond acceptors (Lipinski definition) is 4. The van der Waals surface area contributed by atoms with Crippen molar-refractivity contribution < 1.29 is 14.2 Å². The molecule has 0 aromatic heterocycles. The lowest BCUT2D eigenvalue weighted by Gasteiger charge is -2.31. The summed E-state index contributed by atoms with van der Waals surface area (Å²) in [6.07, 6.45) is 5.64. The van der Waals surface area contributed by atoms with E-state index in [2.05, 4.69) is 48.7 Å². The third kappa shape index (κ3) is 8.43. The Morgan fingerprint density at radius 3 is 2.68 bits per heavy atom. The van der Waals surface area contributed by atoms with Gasteiger partial charge in [0.1, 0.15) is 0 Å². The summed E-state index contributed by atoms with van der Waals surface area (Å²) in [4.78, 5) is 4.88. The first-order valence-electron chi connectivity index (χ1n) is 12.1. The maximum atomic E-state index is 6.15. The third-order valence-corrected chi connectivity index (χ3v) is 6.13. The standard InChI is InChI=1S/C25H41N3O3/c1-3-26-25(27-13-5-14-30-19-21-11-16-29-17-12-21)28-18-23-6-4-15-31-24(23)22-9-7-20(2)8-10-22/h7-10,21,23-24H,3-6,11-19H2,1-2H3,(H2,26,27,28). The molecule has 0 spiro atoms. The summed E-state index contributed by atoms with van der Waals surface area (Å²) in [6.45, 7) is 11.0. The van der Waals surface area contributed by atoms with Crippen LogP contribution in [0.3, 0.4) is 0 Å². The SMILES string of the molecule is CCNC(=NCC1CCCOC1c1ccc(C)cc1)NCCCOCC1CCOCC1. The van der Waals surface area contributed by atoms with Gasteiger partial charge in [0.15, 0.2) is 5.96 Å². The molecule has 0 saturated carbocycles. The second-order valence-electron chi connectivity index (χ2n) is 8.74. The molecule has 0 aliphatic carbocycles. The van der Waals surface area contributed by atoms with Crippen molar-refractivity contribution in [3.05, 3.63) is 35.4 Å². The Hall–Kier alpha value is -1.63. The van der Waals surface area contributed by atoms with Crippen molar-refractivity contribution in [1.29, 1.82) is 0 Å². The Kier molecular flexibility index (Phi) is 10.6. The Balaban J connectivity index is 1.41. The fourth-order valence-corrected chi connectivity index (χ4v) is 4.25. The van der Waals surface area contributed by atoms with Crippen molar-refractivity contribution in [2.24, 2.45) is 16.8 Å². The van der Waals surface area contributed by atoms with Gasteiger partial charge in [-0.1, -0.05) is 29.8 Å². The number of ether oxygens (including phenoxy) is 3. The van der Waals surface area contributed by atoms with E-state index in [1.54, 1.807) is 0 Å². The van der Waals surface area contributed by atoms with Crippen LogP contribution in [0.1, 0.15) is 56.3 Å². The molecule has 174 valence electrons. The lowest BCUT2D eigenvalue weighted by Crippen LogP contribution is -2.39. The van der Waals surface area contributed by atoms with Gasteiger partial charge in [-0.25, -0.2) is 0 Å². The van der Waals surface area contributed by atoms with Crippen molar-refractivity contribution in [2.45, 2.75) is 52.1 Å². The van der Waals surface area contributed by atoms with E-state index in [-0.39, 0.29) is 6.10 Å². The van der Waals surface area contributed by atoms with Crippen molar-refractivity contribution in [1.82, 2.24) is 10.6 Å². The number of aryl methyl sites for hydroxylation is 1. The molecule has 2 aliphatic rings. The molecule has 6 nitrogen and oxygen atoms in total. The minimum absolute atomic E-state index is 0.138. The van der Waals surface area contributed by atoms with Crippen LogP contribution in [0.5, 0.6) is 0 Å². The average molecular weight is 432 g/mol. The number of guanidine groups is 1. The van der Waals surface area contributed by atoms with Crippen molar-refractivity contribution in [3.63, 3.8) is 0 Å². The topological polar surface area (TPSA) is 64.1 Å². The second-order valence-corrected chi connectivity index (χ2v) is 8.74. The Morgan fingerprint density at radius 2 is 1.90 bits per heavy atom. The highest BCUT2D eigenvalue weighted by Crippen LogP contribution is 2.33. The molecule has 1 aromatic rings. The quantitative estimate of drug-likeness (QED) is 0.335. The summed E-state index contributed by atoms with van der Waals surface area (Å²) in [5.41, 5.74) is 2.55. The van der Waals surface area contributed by atoms with Gasteiger partial charge in [0, 0.05) is 58.6 Å². The largest absolute Gasteiger partial charge is 0.381 e. The van der Waals surface area contributed by atoms with Crippen LogP contribution in [0.4, 0.5) is 0 Å². The van der Waals surface area contributed by atoms with E-state index in [1.807, 2.05) is 0 Å². The number of hydrogen-bond donors (Lipinski definition) is 2. The van der Waals surface area contributed by atoms with E-state index in [9.17, 15) is 0 Å². The molecule has 31 heavy (non-hydrogen) atoms. The Morgan fingerprint density at radius 1 is 1.10 bits per heavy atom. The van der Waals surface area contributed by atoms with Gasteiger partial charge >= 0.3 is 0 Å². The molecule has 6 heteroatoms. The summed E-state index contributed by atoms with van der Waals surface area (Å²) in [5.74, 6) is 1.97. The van der Waals surface area contributed by atoms with Gasteiger partial charge < -0.3 is 24.8 Å². The van der Waals surface area contributed by atoms with Crippen LogP contribution in [0.15, 0.2) is 29.3 Å². The molecule has 0 radical (unpaired) electrons. The molecule has 2 unspecified atom stereocenters. The average Bonchev–Trinajstić information content (AvgIpc) is 2.81. The molecule has 0 bridgehead atoms. The number of nitrogens with one attached hydrogen (secondary N) is 2. The smallest absolute Gasteiger partial charge is 0.191 e. The number of benzene rings is 1. The Bertz CT molecular complexity index is 644. The zero-order valence-electron chi connectivity index (χ0n) is 19.4. The van der Waals surface area contributed by atoms with Crippen molar-refractivity contribution in [3.8, 4) is 0 Å².